The van der Waals surface area contributed by atoms with E-state index in [4.69, 9.17) is 9.47 Å². The molecule has 2 rings (SSSR count). The summed E-state index contributed by atoms with van der Waals surface area (Å²) in [6, 6.07) is 3.09. The van der Waals surface area contributed by atoms with Crippen LogP contribution in [0.4, 0.5) is 0 Å². The van der Waals surface area contributed by atoms with Gasteiger partial charge in [0.25, 0.3) is 0 Å². The van der Waals surface area contributed by atoms with Crippen LogP contribution in [0.5, 0.6) is 11.5 Å². The van der Waals surface area contributed by atoms with E-state index in [0.29, 0.717) is 5.75 Å². The third-order valence-corrected chi connectivity index (χ3v) is 5.54. The Bertz CT molecular complexity index is 688. The number of aliphatic hydroxyl groups excluding tert-OH is 1. The molecular weight excluding hydrogens is 326 g/mol. The Balaban J connectivity index is 2.43. The van der Waals surface area contributed by atoms with Gasteiger partial charge < -0.3 is 19.3 Å². The highest BCUT2D eigenvalue weighted by Gasteiger charge is 2.44. The van der Waals surface area contributed by atoms with Gasteiger partial charge in [-0.15, -0.1) is 0 Å². The average molecular weight is 345 g/mol. The summed E-state index contributed by atoms with van der Waals surface area (Å²) >= 11 is 0. The smallest absolute Gasteiger partial charge is 0.324 e. The zero-order valence-electron chi connectivity index (χ0n) is 13.1. The standard InChI is InChI=1S/C14H19NO7S/c1-20-12-5-4-10(7-13(12)21-2)23(18,19)15-8-9(16)6-11(15)14(17)22-3/h4-5,7,9,11,16H,6,8H2,1-3H3. The molecule has 8 nitrogen and oxygen atoms in total. The van der Waals surface area contributed by atoms with Crippen LogP contribution in [0.15, 0.2) is 23.1 Å². The van der Waals surface area contributed by atoms with Gasteiger partial charge in [-0.25, -0.2) is 8.42 Å². The number of carbonyl (C=O) groups is 1. The second kappa shape index (κ2) is 6.73. The lowest BCUT2D eigenvalue weighted by atomic mass is 10.2. The molecule has 1 aliphatic heterocycles. The van der Waals surface area contributed by atoms with Crippen LogP contribution in [0.1, 0.15) is 6.42 Å². The number of methoxy groups -OCH3 is 3. The van der Waals surface area contributed by atoms with Crippen molar-refractivity contribution < 1.29 is 32.5 Å². The lowest BCUT2D eigenvalue weighted by Gasteiger charge is -2.22. The fraction of sp³-hybridized carbons (Fsp3) is 0.500. The lowest BCUT2D eigenvalue weighted by molar-refractivity contribution is -0.144. The summed E-state index contributed by atoms with van der Waals surface area (Å²) in [5.41, 5.74) is 0. The first-order valence-corrected chi connectivity index (χ1v) is 8.29. The summed E-state index contributed by atoms with van der Waals surface area (Å²) in [7, 11) is 0.0129. The molecule has 0 amide bonds. The minimum atomic E-state index is -4.00. The molecule has 0 saturated carbocycles. The number of esters is 1. The van der Waals surface area contributed by atoms with Crippen LogP contribution in [0.2, 0.25) is 0 Å². The molecule has 1 saturated heterocycles. The van der Waals surface area contributed by atoms with E-state index in [9.17, 15) is 18.3 Å². The molecule has 1 aliphatic rings. The highest BCUT2D eigenvalue weighted by Crippen LogP contribution is 2.33. The number of aliphatic hydroxyl groups is 1. The van der Waals surface area contributed by atoms with Gasteiger partial charge in [0.15, 0.2) is 11.5 Å². The quantitative estimate of drug-likeness (QED) is 0.749. The van der Waals surface area contributed by atoms with Crippen LogP contribution in [-0.2, 0) is 19.6 Å². The van der Waals surface area contributed by atoms with Gasteiger partial charge in [0, 0.05) is 19.0 Å². The van der Waals surface area contributed by atoms with Crippen LogP contribution in [0.25, 0.3) is 0 Å². The number of carbonyl (C=O) groups excluding carboxylic acids is 1. The normalized spacial score (nSPS) is 21.9. The first-order chi connectivity index (χ1) is 10.8. The van der Waals surface area contributed by atoms with Crippen LogP contribution < -0.4 is 9.47 Å². The summed E-state index contributed by atoms with van der Waals surface area (Å²) in [6.07, 6.45) is -0.923. The van der Waals surface area contributed by atoms with Crippen molar-refractivity contribution in [1.29, 1.82) is 0 Å². The number of β-amino-alcohol motifs (C(OH)–C–C–N with tert-alkyl or cyclic N) is 1. The molecule has 1 N–H and O–H groups in total. The van der Waals surface area contributed by atoms with Gasteiger partial charge in [0.1, 0.15) is 6.04 Å². The van der Waals surface area contributed by atoms with Gasteiger partial charge in [0.2, 0.25) is 10.0 Å². The van der Waals surface area contributed by atoms with Crippen LogP contribution in [0, 0.1) is 0 Å². The zero-order chi connectivity index (χ0) is 17.2. The topological polar surface area (TPSA) is 102 Å². The molecule has 1 aromatic carbocycles. The molecule has 1 fully saturated rings. The van der Waals surface area contributed by atoms with E-state index < -0.39 is 28.1 Å². The van der Waals surface area contributed by atoms with Gasteiger partial charge in [-0.2, -0.15) is 4.31 Å². The van der Waals surface area contributed by atoms with Crippen LogP contribution >= 0.6 is 0 Å². The molecule has 1 heterocycles. The third kappa shape index (κ3) is 3.26. The van der Waals surface area contributed by atoms with Crippen molar-refractivity contribution >= 4 is 16.0 Å². The first-order valence-electron chi connectivity index (χ1n) is 6.85. The van der Waals surface area contributed by atoms with Crippen molar-refractivity contribution in [2.45, 2.75) is 23.5 Å². The van der Waals surface area contributed by atoms with Crippen LogP contribution in [0.3, 0.4) is 0 Å². The summed E-state index contributed by atoms with van der Waals surface area (Å²) in [5, 5.41) is 9.75. The molecule has 0 spiro atoms. The maximum Gasteiger partial charge on any atom is 0.324 e. The van der Waals surface area contributed by atoms with Gasteiger partial charge in [-0.05, 0) is 12.1 Å². The molecule has 1 aromatic rings. The molecule has 0 aliphatic carbocycles. The number of hydrogen-bond acceptors (Lipinski definition) is 7. The largest absolute Gasteiger partial charge is 0.493 e. The predicted molar refractivity (Wildman–Crippen MR) is 79.9 cm³/mol. The molecular formula is C14H19NO7S. The van der Waals surface area contributed by atoms with Crippen molar-refractivity contribution in [3.63, 3.8) is 0 Å². The maximum absolute atomic E-state index is 12.8. The number of hydrogen-bond donors (Lipinski definition) is 1. The van der Waals surface area contributed by atoms with E-state index in [1.54, 1.807) is 0 Å². The summed E-state index contributed by atoms with van der Waals surface area (Å²) in [5.74, 6) is -0.0639. The van der Waals surface area contributed by atoms with Crippen molar-refractivity contribution in [1.82, 2.24) is 4.31 Å². The highest BCUT2D eigenvalue weighted by atomic mass is 32.2. The minimum Gasteiger partial charge on any atom is -0.493 e. The van der Waals surface area contributed by atoms with Crippen molar-refractivity contribution in [3.8, 4) is 11.5 Å². The van der Waals surface area contributed by atoms with Crippen molar-refractivity contribution in [3.05, 3.63) is 18.2 Å². The lowest BCUT2D eigenvalue weighted by Crippen LogP contribution is -2.41. The molecule has 0 radical (unpaired) electrons. The van der Waals surface area contributed by atoms with Gasteiger partial charge >= 0.3 is 5.97 Å². The van der Waals surface area contributed by atoms with Gasteiger partial charge in [-0.1, -0.05) is 0 Å². The van der Waals surface area contributed by atoms with Gasteiger partial charge in [0.05, 0.1) is 32.3 Å². The number of ether oxygens (including phenoxy) is 3. The molecule has 9 heteroatoms. The number of rotatable bonds is 5. The fourth-order valence-electron chi connectivity index (χ4n) is 2.51. The highest BCUT2D eigenvalue weighted by molar-refractivity contribution is 7.89. The zero-order valence-corrected chi connectivity index (χ0v) is 13.9. The second-order valence-electron chi connectivity index (χ2n) is 5.02. The van der Waals surface area contributed by atoms with E-state index in [1.807, 2.05) is 0 Å². The van der Waals surface area contributed by atoms with Crippen LogP contribution in [-0.4, -0.2) is 63.8 Å². The average Bonchev–Trinajstić information content (AvgIpc) is 2.96. The van der Waals surface area contributed by atoms with E-state index in [2.05, 4.69) is 4.74 Å². The molecule has 0 bridgehead atoms. The SMILES string of the molecule is COC(=O)C1CC(O)CN1S(=O)(=O)c1ccc(OC)c(OC)c1. The summed E-state index contributed by atoms with van der Waals surface area (Å²) < 4.78 is 41.3. The van der Waals surface area contributed by atoms with Gasteiger partial charge in [-0.3, -0.25) is 4.79 Å². The Morgan fingerprint density at radius 3 is 2.43 bits per heavy atom. The summed E-state index contributed by atoms with van der Waals surface area (Å²) in [6.45, 7) is -0.170. The minimum absolute atomic E-state index is 0.000801. The van der Waals surface area contributed by atoms with E-state index in [0.717, 1.165) is 4.31 Å². The van der Waals surface area contributed by atoms with E-state index >= 15 is 0 Å². The Morgan fingerprint density at radius 2 is 1.87 bits per heavy atom. The fourth-order valence-corrected chi connectivity index (χ4v) is 4.15. The number of nitrogens with zero attached hydrogens (tertiary/aromatic N) is 1. The van der Waals surface area contributed by atoms with E-state index in [-0.39, 0.29) is 23.6 Å². The first kappa shape index (κ1) is 17.5. The molecule has 2 atom stereocenters. The van der Waals surface area contributed by atoms with Crippen molar-refractivity contribution in [2.24, 2.45) is 0 Å². The molecule has 2 unspecified atom stereocenters. The van der Waals surface area contributed by atoms with Crippen molar-refractivity contribution in [2.75, 3.05) is 27.9 Å². The molecule has 23 heavy (non-hydrogen) atoms. The Labute approximate surface area is 134 Å². The maximum atomic E-state index is 12.8. The third-order valence-electron chi connectivity index (χ3n) is 3.67. The monoisotopic (exact) mass is 345 g/mol. The second-order valence-corrected chi connectivity index (χ2v) is 6.91. The number of benzene rings is 1. The molecule has 0 aromatic heterocycles. The predicted octanol–water partition coefficient (Wildman–Crippen LogP) is 0.000700. The number of sulfonamides is 1. The Kier molecular flexibility index (Phi) is 5.12. The molecule has 128 valence electrons. The Hall–Kier alpha value is -1.84. The van der Waals surface area contributed by atoms with E-state index in [1.165, 1.54) is 39.5 Å². The Morgan fingerprint density at radius 1 is 1.22 bits per heavy atom. The summed E-state index contributed by atoms with van der Waals surface area (Å²) in [4.78, 5) is 11.7.